The first kappa shape index (κ1) is 22.2. The summed E-state index contributed by atoms with van der Waals surface area (Å²) >= 11 is 0. The lowest BCUT2D eigenvalue weighted by Gasteiger charge is -2.29. The molecule has 1 aromatic rings. The van der Waals surface area contributed by atoms with Crippen LogP contribution in [0.3, 0.4) is 0 Å². The first-order valence-corrected chi connectivity index (χ1v) is 10.6. The highest BCUT2D eigenvalue weighted by Crippen LogP contribution is 2.31. The number of aromatic nitrogens is 1. The third kappa shape index (κ3) is 5.54. The fraction of sp³-hybridized carbons (Fsp3) is 0.619. The van der Waals surface area contributed by atoms with Crippen LogP contribution in [-0.4, -0.2) is 57.6 Å². The van der Waals surface area contributed by atoms with Gasteiger partial charge in [0.1, 0.15) is 11.9 Å². The molecule has 0 radical (unpaired) electrons. The van der Waals surface area contributed by atoms with Crippen LogP contribution in [0.15, 0.2) is 12.1 Å². The summed E-state index contributed by atoms with van der Waals surface area (Å²) in [7, 11) is 0. The molecule has 2 unspecified atom stereocenters. The molecule has 9 heteroatoms. The Hall–Kier alpha value is -2.52. The van der Waals surface area contributed by atoms with E-state index in [1.54, 1.807) is 6.07 Å². The standard InChI is InChI=1S/C21H31N5O4/c1-14-9-15(2)23-19(10-14)24-20(28)18-7-8-22-26(18)21(29)17(12-25(30)13-27)11-16-5-3-4-6-16/h9-10,13,16-18,22,30H,3-8,11-12H2,1-2H3,(H,23,24,28). The van der Waals surface area contributed by atoms with E-state index in [0.717, 1.165) is 36.9 Å². The van der Waals surface area contributed by atoms with E-state index in [1.807, 2.05) is 19.9 Å². The molecule has 2 aliphatic rings. The van der Waals surface area contributed by atoms with Gasteiger partial charge in [-0.2, -0.15) is 0 Å². The molecule has 3 N–H and O–H groups in total. The number of hydroxylamine groups is 2. The Morgan fingerprint density at radius 1 is 1.33 bits per heavy atom. The quantitative estimate of drug-likeness (QED) is 0.337. The second-order valence-electron chi connectivity index (χ2n) is 8.39. The molecule has 1 saturated heterocycles. The maximum atomic E-state index is 13.3. The summed E-state index contributed by atoms with van der Waals surface area (Å²) in [6, 6.07) is 3.04. The van der Waals surface area contributed by atoms with Crippen molar-refractivity contribution in [2.75, 3.05) is 18.4 Å². The van der Waals surface area contributed by atoms with Crippen LogP contribution in [0.5, 0.6) is 0 Å². The summed E-state index contributed by atoms with van der Waals surface area (Å²) in [5, 5.41) is 14.4. The maximum Gasteiger partial charge on any atom is 0.250 e. The van der Waals surface area contributed by atoms with Crippen LogP contribution < -0.4 is 10.7 Å². The van der Waals surface area contributed by atoms with Gasteiger partial charge >= 0.3 is 0 Å². The van der Waals surface area contributed by atoms with Crippen LogP contribution in [0.1, 0.15) is 49.8 Å². The molecule has 1 aliphatic heterocycles. The summed E-state index contributed by atoms with van der Waals surface area (Å²) in [5.74, 6) is -0.283. The fourth-order valence-electron chi connectivity index (χ4n) is 4.52. The number of hydrogen-bond donors (Lipinski definition) is 3. The van der Waals surface area contributed by atoms with Gasteiger partial charge < -0.3 is 5.32 Å². The van der Waals surface area contributed by atoms with E-state index in [1.165, 1.54) is 5.01 Å². The van der Waals surface area contributed by atoms with Crippen LogP contribution in [0.25, 0.3) is 0 Å². The molecule has 3 rings (SSSR count). The number of aryl methyl sites for hydroxylation is 2. The topological polar surface area (TPSA) is 115 Å². The molecule has 30 heavy (non-hydrogen) atoms. The predicted octanol–water partition coefficient (Wildman–Crippen LogP) is 1.79. The molecule has 1 saturated carbocycles. The van der Waals surface area contributed by atoms with Gasteiger partial charge in [-0.3, -0.25) is 24.6 Å². The molecule has 0 spiro atoms. The van der Waals surface area contributed by atoms with Gasteiger partial charge in [-0.15, -0.1) is 0 Å². The number of amides is 3. The molecular weight excluding hydrogens is 386 g/mol. The fourth-order valence-corrected chi connectivity index (χ4v) is 4.52. The number of carbonyl (C=O) groups excluding carboxylic acids is 3. The van der Waals surface area contributed by atoms with Crippen LogP contribution >= 0.6 is 0 Å². The number of carbonyl (C=O) groups is 3. The monoisotopic (exact) mass is 417 g/mol. The average molecular weight is 418 g/mol. The van der Waals surface area contributed by atoms with E-state index in [4.69, 9.17) is 0 Å². The summed E-state index contributed by atoms with van der Waals surface area (Å²) in [6.07, 6.45) is 5.75. The molecule has 9 nitrogen and oxygen atoms in total. The molecule has 2 fully saturated rings. The van der Waals surface area contributed by atoms with Gasteiger partial charge in [0.2, 0.25) is 18.2 Å². The Labute approximate surface area is 176 Å². The van der Waals surface area contributed by atoms with Crippen molar-refractivity contribution < 1.29 is 19.6 Å². The summed E-state index contributed by atoms with van der Waals surface area (Å²) in [5.41, 5.74) is 4.80. The van der Waals surface area contributed by atoms with Gasteiger partial charge in [-0.05, 0) is 50.3 Å². The molecule has 2 heterocycles. The van der Waals surface area contributed by atoms with E-state index in [2.05, 4.69) is 15.7 Å². The highest BCUT2D eigenvalue weighted by atomic mass is 16.5. The molecule has 0 aromatic carbocycles. The molecule has 1 aliphatic carbocycles. The van der Waals surface area contributed by atoms with Crippen LogP contribution in [0, 0.1) is 25.7 Å². The number of pyridine rings is 1. The van der Waals surface area contributed by atoms with Gasteiger partial charge in [0, 0.05) is 12.2 Å². The Balaban J connectivity index is 1.71. The zero-order valence-electron chi connectivity index (χ0n) is 17.6. The normalized spacial score (nSPS) is 20.2. The molecular formula is C21H31N5O4. The van der Waals surface area contributed by atoms with E-state index < -0.39 is 12.0 Å². The van der Waals surface area contributed by atoms with Gasteiger partial charge in [-0.25, -0.2) is 15.5 Å². The minimum absolute atomic E-state index is 0.0794. The van der Waals surface area contributed by atoms with Crippen molar-refractivity contribution in [2.45, 2.75) is 58.4 Å². The average Bonchev–Trinajstić information content (AvgIpc) is 3.37. The van der Waals surface area contributed by atoms with Crippen molar-refractivity contribution >= 4 is 24.0 Å². The zero-order valence-corrected chi connectivity index (χ0v) is 17.6. The minimum atomic E-state index is -0.672. The van der Waals surface area contributed by atoms with Crippen LogP contribution in [0.4, 0.5) is 5.82 Å². The van der Waals surface area contributed by atoms with Crippen molar-refractivity contribution in [1.29, 1.82) is 0 Å². The highest BCUT2D eigenvalue weighted by Gasteiger charge is 2.39. The van der Waals surface area contributed by atoms with Gasteiger partial charge in [0.25, 0.3) is 0 Å². The van der Waals surface area contributed by atoms with E-state index in [0.29, 0.717) is 42.6 Å². The third-order valence-electron chi connectivity index (χ3n) is 5.87. The van der Waals surface area contributed by atoms with E-state index in [9.17, 15) is 19.6 Å². The second kappa shape index (κ2) is 9.99. The van der Waals surface area contributed by atoms with Crippen molar-refractivity contribution in [1.82, 2.24) is 20.5 Å². The van der Waals surface area contributed by atoms with Crippen molar-refractivity contribution in [3.63, 3.8) is 0 Å². The minimum Gasteiger partial charge on any atom is -0.309 e. The Bertz CT molecular complexity index is 760. The molecule has 2 atom stereocenters. The number of nitrogens with one attached hydrogen (secondary N) is 2. The first-order chi connectivity index (χ1) is 14.4. The number of anilines is 1. The van der Waals surface area contributed by atoms with Crippen molar-refractivity contribution in [2.24, 2.45) is 11.8 Å². The lowest BCUT2D eigenvalue weighted by molar-refractivity contribution is -0.159. The lowest BCUT2D eigenvalue weighted by atomic mass is 9.92. The predicted molar refractivity (Wildman–Crippen MR) is 110 cm³/mol. The summed E-state index contributed by atoms with van der Waals surface area (Å²) in [4.78, 5) is 41.4. The summed E-state index contributed by atoms with van der Waals surface area (Å²) in [6.45, 7) is 4.20. The zero-order chi connectivity index (χ0) is 21.7. The Kier molecular flexibility index (Phi) is 7.38. The highest BCUT2D eigenvalue weighted by molar-refractivity contribution is 5.97. The third-order valence-corrected chi connectivity index (χ3v) is 5.87. The SMILES string of the molecule is Cc1cc(C)nc(NC(=O)C2CCNN2C(=O)C(CC2CCCC2)CN(O)C=O)c1. The van der Waals surface area contributed by atoms with Gasteiger partial charge in [-0.1, -0.05) is 25.7 Å². The Morgan fingerprint density at radius 3 is 2.73 bits per heavy atom. The van der Waals surface area contributed by atoms with E-state index >= 15 is 0 Å². The molecule has 0 bridgehead atoms. The molecule has 3 amide bonds. The Morgan fingerprint density at radius 2 is 2.07 bits per heavy atom. The second-order valence-corrected chi connectivity index (χ2v) is 8.39. The van der Waals surface area contributed by atoms with Gasteiger partial charge in [0.05, 0.1) is 12.5 Å². The van der Waals surface area contributed by atoms with Crippen LogP contribution in [-0.2, 0) is 14.4 Å². The number of hydrazine groups is 1. The molecule has 164 valence electrons. The molecule has 1 aromatic heterocycles. The van der Waals surface area contributed by atoms with Crippen molar-refractivity contribution in [3.8, 4) is 0 Å². The first-order valence-electron chi connectivity index (χ1n) is 10.6. The lowest BCUT2D eigenvalue weighted by Crippen LogP contribution is -2.51. The number of rotatable bonds is 8. The van der Waals surface area contributed by atoms with Gasteiger partial charge in [0.15, 0.2) is 0 Å². The largest absolute Gasteiger partial charge is 0.309 e. The maximum absolute atomic E-state index is 13.3. The number of hydrogen-bond acceptors (Lipinski definition) is 6. The number of nitrogens with zero attached hydrogens (tertiary/aromatic N) is 3. The smallest absolute Gasteiger partial charge is 0.250 e. The van der Waals surface area contributed by atoms with Crippen molar-refractivity contribution in [3.05, 3.63) is 23.4 Å². The van der Waals surface area contributed by atoms with E-state index in [-0.39, 0.29) is 18.4 Å². The van der Waals surface area contributed by atoms with Crippen LogP contribution in [0.2, 0.25) is 0 Å². The summed E-state index contributed by atoms with van der Waals surface area (Å²) < 4.78 is 0.